The van der Waals surface area contributed by atoms with Gasteiger partial charge in [0.2, 0.25) is 0 Å². The van der Waals surface area contributed by atoms with Crippen LogP contribution in [0.25, 0.3) is 0 Å². The third-order valence-electron chi connectivity index (χ3n) is 4.24. The van der Waals surface area contributed by atoms with Crippen molar-refractivity contribution in [3.8, 4) is 0 Å². The van der Waals surface area contributed by atoms with Crippen molar-refractivity contribution >= 4 is 17.4 Å². The summed E-state index contributed by atoms with van der Waals surface area (Å²) in [6.45, 7) is 2.23. The van der Waals surface area contributed by atoms with Crippen LogP contribution < -0.4 is 4.80 Å². The molecule has 1 N–H and O–H groups in total. The third kappa shape index (κ3) is 3.89. The average molecular weight is 326 g/mol. The number of carbonyl (C=O) groups is 1. The van der Waals surface area contributed by atoms with E-state index in [1.165, 1.54) is 15.5 Å². The molecule has 1 aromatic rings. The Morgan fingerprint density at radius 2 is 2.05 bits per heavy atom. The predicted octanol–water partition coefficient (Wildman–Crippen LogP) is 1.61. The van der Waals surface area contributed by atoms with Gasteiger partial charge in [0.15, 0.2) is 4.80 Å². The maximum atomic E-state index is 11.0. The van der Waals surface area contributed by atoms with E-state index in [9.17, 15) is 4.79 Å². The molecular weight excluding hydrogens is 300 g/mol. The zero-order valence-corrected chi connectivity index (χ0v) is 14.7. The fourth-order valence-corrected chi connectivity index (χ4v) is 4.18. The Balaban J connectivity index is 2.11. The number of nitrogens with zero attached hydrogens (tertiary/aromatic N) is 4. The first-order valence-electron chi connectivity index (χ1n) is 7.65. The summed E-state index contributed by atoms with van der Waals surface area (Å²) in [4.78, 5) is 21.5. The molecule has 0 saturated carbocycles. The lowest BCUT2D eigenvalue weighted by Gasteiger charge is -2.30. The first-order valence-corrected chi connectivity index (χ1v) is 8.47. The van der Waals surface area contributed by atoms with Gasteiger partial charge in [-0.2, -0.15) is 0 Å². The Morgan fingerprint density at radius 1 is 1.41 bits per heavy atom. The molecule has 2 rings (SSSR count). The van der Waals surface area contributed by atoms with Crippen LogP contribution >= 0.6 is 11.3 Å². The van der Waals surface area contributed by atoms with Crippen LogP contribution in [0.5, 0.6) is 0 Å². The second kappa shape index (κ2) is 7.28. The molecule has 1 amide bonds. The third-order valence-corrected chi connectivity index (χ3v) is 5.53. The molecule has 0 radical (unpaired) electrons. The minimum Gasteiger partial charge on any atom is -0.465 e. The molecule has 124 valence electrons. The molecule has 1 aromatic heterocycles. The summed E-state index contributed by atoms with van der Waals surface area (Å²) in [7, 11) is 8.07. The molecule has 0 aliphatic carbocycles. The molecule has 0 atom stereocenters. The highest BCUT2D eigenvalue weighted by Gasteiger charge is 2.24. The summed E-state index contributed by atoms with van der Waals surface area (Å²) in [6, 6.07) is 0. The number of thiazole rings is 1. The Kier molecular flexibility index (Phi) is 5.63. The van der Waals surface area contributed by atoms with Crippen LogP contribution in [0.4, 0.5) is 4.79 Å². The summed E-state index contributed by atoms with van der Waals surface area (Å²) < 4.78 is 2.19. The SMILES string of the molecule is C/N=c1/sc(CC2CCN(C(=O)O)CC2)c(CN(C)C)n1C. The van der Waals surface area contributed by atoms with E-state index in [-0.39, 0.29) is 0 Å². The van der Waals surface area contributed by atoms with Crippen molar-refractivity contribution in [2.24, 2.45) is 18.0 Å². The van der Waals surface area contributed by atoms with Gasteiger partial charge in [-0.15, -0.1) is 11.3 Å². The summed E-state index contributed by atoms with van der Waals surface area (Å²) in [6.07, 6.45) is 2.15. The van der Waals surface area contributed by atoms with Crippen LogP contribution in [0.2, 0.25) is 0 Å². The standard InChI is InChI=1S/C15H26N4O2S/c1-16-14-18(4)12(10-17(2)3)13(22-14)9-11-5-7-19(8-6-11)15(20)21/h11H,5-10H2,1-4H3,(H,20,21)/b16-14+. The second-order valence-corrected chi connectivity index (χ2v) is 7.25. The maximum Gasteiger partial charge on any atom is 0.407 e. The normalized spacial score (nSPS) is 17.5. The lowest BCUT2D eigenvalue weighted by atomic mass is 9.92. The van der Waals surface area contributed by atoms with E-state index in [1.807, 2.05) is 7.05 Å². The molecule has 1 fully saturated rings. The molecule has 22 heavy (non-hydrogen) atoms. The van der Waals surface area contributed by atoms with Crippen molar-refractivity contribution in [2.75, 3.05) is 34.2 Å². The van der Waals surface area contributed by atoms with E-state index in [4.69, 9.17) is 5.11 Å². The molecule has 1 aliphatic heterocycles. The van der Waals surface area contributed by atoms with Crippen molar-refractivity contribution in [1.29, 1.82) is 0 Å². The van der Waals surface area contributed by atoms with Crippen molar-refractivity contribution in [2.45, 2.75) is 25.8 Å². The number of hydrogen-bond donors (Lipinski definition) is 1. The Morgan fingerprint density at radius 3 is 2.55 bits per heavy atom. The van der Waals surface area contributed by atoms with Crippen LogP contribution in [0.1, 0.15) is 23.4 Å². The molecule has 0 spiro atoms. The number of piperidine rings is 1. The summed E-state index contributed by atoms with van der Waals surface area (Å²) >= 11 is 1.77. The van der Waals surface area contributed by atoms with Gasteiger partial charge in [0.1, 0.15) is 0 Å². The van der Waals surface area contributed by atoms with E-state index in [1.54, 1.807) is 11.3 Å². The summed E-state index contributed by atoms with van der Waals surface area (Å²) in [5.74, 6) is 0.569. The van der Waals surface area contributed by atoms with Crippen molar-refractivity contribution in [1.82, 2.24) is 14.4 Å². The largest absolute Gasteiger partial charge is 0.465 e. The van der Waals surface area contributed by atoms with Crippen LogP contribution in [0.15, 0.2) is 4.99 Å². The van der Waals surface area contributed by atoms with E-state index < -0.39 is 6.09 Å². The topological polar surface area (TPSA) is 61.1 Å². The smallest absolute Gasteiger partial charge is 0.407 e. The number of hydrogen-bond acceptors (Lipinski definition) is 4. The van der Waals surface area contributed by atoms with Gasteiger partial charge >= 0.3 is 6.09 Å². The monoisotopic (exact) mass is 326 g/mol. The molecule has 2 heterocycles. The molecule has 6 nitrogen and oxygen atoms in total. The van der Waals surface area contributed by atoms with Crippen LogP contribution in [0.3, 0.4) is 0 Å². The number of carboxylic acid groups (broad SMARTS) is 1. The van der Waals surface area contributed by atoms with Gasteiger partial charge in [-0.3, -0.25) is 4.99 Å². The fourth-order valence-electron chi connectivity index (χ4n) is 2.98. The van der Waals surface area contributed by atoms with Gasteiger partial charge < -0.3 is 19.5 Å². The zero-order valence-electron chi connectivity index (χ0n) is 13.9. The van der Waals surface area contributed by atoms with Crippen LogP contribution in [-0.2, 0) is 20.0 Å². The molecule has 1 aliphatic rings. The Bertz CT molecular complexity index is 583. The quantitative estimate of drug-likeness (QED) is 0.914. The minimum atomic E-state index is -0.790. The average Bonchev–Trinajstić information content (AvgIpc) is 2.76. The van der Waals surface area contributed by atoms with Crippen LogP contribution in [0, 0.1) is 5.92 Å². The lowest BCUT2D eigenvalue weighted by Crippen LogP contribution is -2.37. The highest BCUT2D eigenvalue weighted by molar-refractivity contribution is 7.09. The summed E-state index contributed by atoms with van der Waals surface area (Å²) in [5.41, 5.74) is 1.33. The fraction of sp³-hybridized carbons (Fsp3) is 0.733. The van der Waals surface area contributed by atoms with Gasteiger partial charge in [0.25, 0.3) is 0 Å². The van der Waals surface area contributed by atoms with Gasteiger partial charge in [0, 0.05) is 44.3 Å². The maximum absolute atomic E-state index is 11.0. The molecule has 0 aromatic carbocycles. The van der Waals surface area contributed by atoms with Gasteiger partial charge in [0.05, 0.1) is 0 Å². The molecule has 0 unspecified atom stereocenters. The summed E-state index contributed by atoms with van der Waals surface area (Å²) in [5, 5.41) is 9.04. The predicted molar refractivity (Wildman–Crippen MR) is 88.2 cm³/mol. The first kappa shape index (κ1) is 17.0. The highest BCUT2D eigenvalue weighted by Crippen LogP contribution is 2.25. The van der Waals surface area contributed by atoms with E-state index in [0.29, 0.717) is 19.0 Å². The molecule has 1 saturated heterocycles. The Hall–Kier alpha value is -1.34. The number of likely N-dealkylation sites (tertiary alicyclic amines) is 1. The van der Waals surface area contributed by atoms with Gasteiger partial charge in [-0.25, -0.2) is 4.79 Å². The second-order valence-electron chi connectivity index (χ2n) is 6.19. The molecular formula is C15H26N4O2S. The number of rotatable bonds is 4. The number of amides is 1. The van der Waals surface area contributed by atoms with Gasteiger partial charge in [-0.1, -0.05) is 0 Å². The van der Waals surface area contributed by atoms with E-state index in [0.717, 1.165) is 30.6 Å². The van der Waals surface area contributed by atoms with Crippen molar-refractivity contribution in [3.05, 3.63) is 15.4 Å². The number of aromatic nitrogens is 1. The van der Waals surface area contributed by atoms with Crippen LogP contribution in [-0.4, -0.2) is 59.8 Å². The molecule has 0 bridgehead atoms. The minimum absolute atomic E-state index is 0.569. The molecule has 7 heteroatoms. The van der Waals surface area contributed by atoms with Crippen molar-refractivity contribution in [3.63, 3.8) is 0 Å². The Labute approximate surface area is 135 Å². The first-order chi connectivity index (χ1) is 10.4. The van der Waals surface area contributed by atoms with E-state index in [2.05, 4.69) is 35.6 Å². The zero-order chi connectivity index (χ0) is 16.3. The lowest BCUT2D eigenvalue weighted by molar-refractivity contribution is 0.124. The highest BCUT2D eigenvalue weighted by atomic mass is 32.1. The van der Waals surface area contributed by atoms with Crippen molar-refractivity contribution < 1.29 is 9.90 Å². The van der Waals surface area contributed by atoms with E-state index >= 15 is 0 Å². The van der Waals surface area contributed by atoms with Gasteiger partial charge in [-0.05, 0) is 39.3 Å².